The third-order valence-corrected chi connectivity index (χ3v) is 6.93. The van der Waals surface area contributed by atoms with E-state index in [1.807, 2.05) is 60.7 Å². The summed E-state index contributed by atoms with van der Waals surface area (Å²) in [5, 5.41) is 24.3. The fourth-order valence-electron chi connectivity index (χ4n) is 4.30. The highest BCUT2D eigenvalue weighted by Gasteiger charge is 2.51. The molecule has 1 aliphatic carbocycles. The molecular formula is C28H23ClN4O4. The van der Waals surface area contributed by atoms with Gasteiger partial charge in [-0.15, -0.1) is 10.2 Å². The van der Waals surface area contributed by atoms with Crippen LogP contribution in [0.5, 0.6) is 0 Å². The minimum Gasteiger partial charge on any atom is -0.481 e. The summed E-state index contributed by atoms with van der Waals surface area (Å²) in [5.74, 6) is -0.769. The van der Waals surface area contributed by atoms with Crippen LogP contribution >= 0.6 is 11.6 Å². The number of benzene rings is 3. The van der Waals surface area contributed by atoms with Crippen molar-refractivity contribution in [2.24, 2.45) is 0 Å². The van der Waals surface area contributed by atoms with Crippen molar-refractivity contribution < 1.29 is 19.4 Å². The van der Waals surface area contributed by atoms with Gasteiger partial charge in [-0.25, -0.2) is 4.79 Å². The van der Waals surface area contributed by atoms with E-state index in [1.165, 1.54) is 6.20 Å². The zero-order valence-corrected chi connectivity index (χ0v) is 20.6. The maximum atomic E-state index is 12.6. The SMILES string of the molecule is CC(OC(=O)Nc1cnnnc1-c1ccc(-c2ccc(C3(C(=O)O)CC3)cc2)cc1)c1ccccc1Cl. The molecule has 1 saturated carbocycles. The summed E-state index contributed by atoms with van der Waals surface area (Å²) in [7, 11) is 0. The normalized spacial score (nSPS) is 14.4. The van der Waals surface area contributed by atoms with Crippen LogP contribution in [0.15, 0.2) is 79.0 Å². The highest BCUT2D eigenvalue weighted by atomic mass is 35.5. The molecule has 2 N–H and O–H groups in total. The Kier molecular flexibility index (Phi) is 6.58. The van der Waals surface area contributed by atoms with Gasteiger partial charge in [0.2, 0.25) is 0 Å². The second-order valence-electron chi connectivity index (χ2n) is 8.93. The number of amides is 1. The Bertz CT molecular complexity index is 1450. The third kappa shape index (κ3) is 5.01. The predicted octanol–water partition coefficient (Wildman–Crippen LogP) is 6.28. The summed E-state index contributed by atoms with van der Waals surface area (Å²) in [6.07, 6.45) is 1.52. The number of carboxylic acid groups (broad SMARTS) is 1. The highest BCUT2D eigenvalue weighted by Crippen LogP contribution is 2.48. The van der Waals surface area contributed by atoms with Crippen LogP contribution in [0.2, 0.25) is 5.02 Å². The van der Waals surface area contributed by atoms with Crippen LogP contribution in [0.25, 0.3) is 22.4 Å². The fraction of sp³-hybridized carbons (Fsp3) is 0.179. The average Bonchev–Trinajstić information content (AvgIpc) is 3.72. The second kappa shape index (κ2) is 9.99. The maximum Gasteiger partial charge on any atom is 0.412 e. The predicted molar refractivity (Wildman–Crippen MR) is 139 cm³/mol. The zero-order chi connectivity index (χ0) is 26.0. The first-order valence-corrected chi connectivity index (χ1v) is 12.1. The van der Waals surface area contributed by atoms with Crippen LogP contribution in [-0.2, 0) is 14.9 Å². The molecule has 1 fully saturated rings. The van der Waals surface area contributed by atoms with Gasteiger partial charge in [0.1, 0.15) is 11.8 Å². The van der Waals surface area contributed by atoms with Gasteiger partial charge in [0.05, 0.1) is 17.3 Å². The van der Waals surface area contributed by atoms with Crippen molar-refractivity contribution >= 4 is 29.4 Å². The number of anilines is 1. The number of carbonyl (C=O) groups excluding carboxylic acids is 1. The Hall–Kier alpha value is -4.30. The van der Waals surface area contributed by atoms with E-state index in [0.29, 0.717) is 34.8 Å². The first-order valence-electron chi connectivity index (χ1n) is 11.7. The van der Waals surface area contributed by atoms with E-state index in [2.05, 4.69) is 20.7 Å². The Morgan fingerprint density at radius 3 is 2.22 bits per heavy atom. The van der Waals surface area contributed by atoms with Gasteiger partial charge in [0, 0.05) is 16.1 Å². The molecule has 1 heterocycles. The van der Waals surface area contributed by atoms with Gasteiger partial charge in [0.25, 0.3) is 0 Å². The minimum absolute atomic E-state index is 0.354. The molecule has 0 radical (unpaired) electrons. The monoisotopic (exact) mass is 514 g/mol. The van der Waals surface area contributed by atoms with Crippen molar-refractivity contribution in [2.45, 2.75) is 31.3 Å². The zero-order valence-electron chi connectivity index (χ0n) is 19.9. The lowest BCUT2D eigenvalue weighted by Crippen LogP contribution is -2.19. The molecule has 1 aromatic heterocycles. The summed E-state index contributed by atoms with van der Waals surface area (Å²) in [5.41, 5.74) is 4.25. The first-order chi connectivity index (χ1) is 17.9. The summed E-state index contributed by atoms with van der Waals surface area (Å²) < 4.78 is 5.49. The van der Waals surface area contributed by atoms with E-state index < -0.39 is 23.6 Å². The van der Waals surface area contributed by atoms with E-state index in [-0.39, 0.29) is 0 Å². The number of halogens is 1. The molecule has 1 aliphatic rings. The number of hydrogen-bond acceptors (Lipinski definition) is 6. The standard InChI is InChI=1S/C28H23ClN4O4/c1-17(22-4-2-3-5-23(22)29)37-27(36)31-24-16-30-33-32-25(24)20-8-6-18(7-9-20)19-10-12-21(13-11-19)28(14-15-28)26(34)35/h2-13,16-17H,14-15H2,1H3,(H,34,35)(H,31,33,36). The molecule has 0 spiro atoms. The van der Waals surface area contributed by atoms with Crippen molar-refractivity contribution in [1.29, 1.82) is 0 Å². The smallest absolute Gasteiger partial charge is 0.412 e. The summed E-state index contributed by atoms with van der Waals surface area (Å²) in [6.45, 7) is 1.74. The Morgan fingerprint density at radius 2 is 1.59 bits per heavy atom. The molecule has 1 amide bonds. The number of ether oxygens (including phenoxy) is 1. The van der Waals surface area contributed by atoms with Crippen molar-refractivity contribution in [3.63, 3.8) is 0 Å². The molecule has 1 unspecified atom stereocenters. The molecule has 0 aliphatic heterocycles. The van der Waals surface area contributed by atoms with Crippen LogP contribution in [0.1, 0.15) is 37.0 Å². The number of carboxylic acids is 1. The summed E-state index contributed by atoms with van der Waals surface area (Å²) in [6, 6.07) is 22.4. The molecule has 8 nitrogen and oxygen atoms in total. The van der Waals surface area contributed by atoms with Crippen LogP contribution in [0, 0.1) is 0 Å². The maximum absolute atomic E-state index is 12.6. The Balaban J connectivity index is 1.30. The van der Waals surface area contributed by atoms with Crippen LogP contribution in [0.4, 0.5) is 10.5 Å². The minimum atomic E-state index is -0.769. The molecule has 0 saturated heterocycles. The summed E-state index contributed by atoms with van der Waals surface area (Å²) in [4.78, 5) is 24.2. The number of carbonyl (C=O) groups is 2. The van der Waals surface area contributed by atoms with Gasteiger partial charge >= 0.3 is 12.1 Å². The van der Waals surface area contributed by atoms with Crippen LogP contribution < -0.4 is 5.32 Å². The highest BCUT2D eigenvalue weighted by molar-refractivity contribution is 6.31. The largest absolute Gasteiger partial charge is 0.481 e. The van der Waals surface area contributed by atoms with Gasteiger partial charge in [0.15, 0.2) is 0 Å². The molecule has 0 bridgehead atoms. The number of nitrogens with one attached hydrogen (secondary N) is 1. The van der Waals surface area contributed by atoms with E-state index in [0.717, 1.165) is 22.3 Å². The van der Waals surface area contributed by atoms with E-state index in [4.69, 9.17) is 16.3 Å². The van der Waals surface area contributed by atoms with E-state index >= 15 is 0 Å². The Morgan fingerprint density at radius 1 is 0.973 bits per heavy atom. The lowest BCUT2D eigenvalue weighted by atomic mass is 9.93. The van der Waals surface area contributed by atoms with Crippen molar-refractivity contribution in [2.75, 3.05) is 5.32 Å². The van der Waals surface area contributed by atoms with E-state index in [1.54, 1.807) is 19.1 Å². The molecule has 9 heteroatoms. The molecule has 5 rings (SSSR count). The topological polar surface area (TPSA) is 114 Å². The molecule has 4 aromatic rings. The lowest BCUT2D eigenvalue weighted by molar-refractivity contribution is -0.140. The van der Waals surface area contributed by atoms with Crippen LogP contribution in [0.3, 0.4) is 0 Å². The number of aliphatic carboxylic acids is 1. The molecule has 1 atom stereocenters. The van der Waals surface area contributed by atoms with Gasteiger partial charge in [-0.3, -0.25) is 10.1 Å². The number of nitrogens with zero attached hydrogens (tertiary/aromatic N) is 3. The van der Waals surface area contributed by atoms with Gasteiger partial charge in [-0.1, -0.05) is 78.3 Å². The average molecular weight is 515 g/mol. The molecular weight excluding hydrogens is 492 g/mol. The first kappa shape index (κ1) is 24.4. The Labute approximate surface area is 218 Å². The van der Waals surface area contributed by atoms with Gasteiger partial charge in [-0.2, -0.15) is 0 Å². The second-order valence-corrected chi connectivity index (χ2v) is 9.34. The number of hydrogen-bond donors (Lipinski definition) is 2. The van der Waals surface area contributed by atoms with Gasteiger partial charge in [-0.05, 0) is 47.7 Å². The quantitative estimate of drug-likeness (QED) is 0.298. The van der Waals surface area contributed by atoms with Crippen LogP contribution in [-0.4, -0.2) is 32.6 Å². The van der Waals surface area contributed by atoms with Crippen molar-refractivity contribution in [3.05, 3.63) is 95.1 Å². The molecule has 186 valence electrons. The van der Waals surface area contributed by atoms with Crippen molar-refractivity contribution in [1.82, 2.24) is 15.4 Å². The van der Waals surface area contributed by atoms with Gasteiger partial charge < -0.3 is 9.84 Å². The third-order valence-electron chi connectivity index (χ3n) is 6.59. The summed E-state index contributed by atoms with van der Waals surface area (Å²) >= 11 is 6.20. The van der Waals surface area contributed by atoms with Crippen molar-refractivity contribution in [3.8, 4) is 22.4 Å². The molecule has 3 aromatic carbocycles. The molecule has 37 heavy (non-hydrogen) atoms. The van der Waals surface area contributed by atoms with E-state index in [9.17, 15) is 14.7 Å². The fourth-order valence-corrected chi connectivity index (χ4v) is 4.58. The lowest BCUT2D eigenvalue weighted by Gasteiger charge is -2.16. The number of rotatable bonds is 7. The number of aromatic nitrogens is 3.